The van der Waals surface area contributed by atoms with Crippen molar-refractivity contribution in [3.05, 3.63) is 48.3 Å². The number of carbonyl (C=O) groups is 3. The number of amides is 2. The Kier molecular flexibility index (Phi) is 5.61. The van der Waals surface area contributed by atoms with E-state index in [0.717, 1.165) is 0 Å². The average Bonchev–Trinajstić information content (AvgIpc) is 3.07. The van der Waals surface area contributed by atoms with Gasteiger partial charge in [-0.3, -0.25) is 14.6 Å². The summed E-state index contributed by atoms with van der Waals surface area (Å²) in [7, 11) is 0. The second-order valence-electron chi connectivity index (χ2n) is 5.12. The second kappa shape index (κ2) is 7.86. The number of pyridine rings is 1. The van der Waals surface area contributed by atoms with Crippen molar-refractivity contribution in [1.29, 1.82) is 0 Å². The van der Waals surface area contributed by atoms with Gasteiger partial charge in [-0.1, -0.05) is 0 Å². The van der Waals surface area contributed by atoms with Crippen molar-refractivity contribution < 1.29 is 19.5 Å². The van der Waals surface area contributed by atoms with Crippen LogP contribution < -0.4 is 10.6 Å². The van der Waals surface area contributed by atoms with E-state index in [1.807, 2.05) is 0 Å². The fraction of sp³-hybridized carbons (Fsp3) is 0.267. The summed E-state index contributed by atoms with van der Waals surface area (Å²) >= 11 is 0. The van der Waals surface area contributed by atoms with Crippen molar-refractivity contribution in [3.8, 4) is 0 Å². The molecule has 0 spiro atoms. The third-order valence-corrected chi connectivity index (χ3v) is 3.26. The number of rotatable bonds is 7. The van der Waals surface area contributed by atoms with E-state index in [0.29, 0.717) is 11.3 Å². The molecule has 24 heavy (non-hydrogen) atoms. The number of aromatic nitrogens is 3. The van der Waals surface area contributed by atoms with Crippen molar-refractivity contribution in [2.24, 2.45) is 0 Å². The van der Waals surface area contributed by atoms with E-state index in [1.54, 1.807) is 12.1 Å². The zero-order valence-electron chi connectivity index (χ0n) is 12.9. The van der Waals surface area contributed by atoms with Crippen LogP contribution in [0.1, 0.15) is 23.0 Å². The van der Waals surface area contributed by atoms with Crippen LogP contribution in [0, 0.1) is 0 Å². The van der Waals surface area contributed by atoms with Gasteiger partial charge in [0.15, 0.2) is 0 Å². The molecule has 2 atom stereocenters. The highest BCUT2D eigenvalue weighted by atomic mass is 16.4. The van der Waals surface area contributed by atoms with Crippen LogP contribution in [-0.2, 0) is 16.0 Å². The van der Waals surface area contributed by atoms with Crippen LogP contribution in [0.3, 0.4) is 0 Å². The highest BCUT2D eigenvalue weighted by Crippen LogP contribution is 2.01. The Hall–Kier alpha value is -3.23. The summed E-state index contributed by atoms with van der Waals surface area (Å²) in [5, 5.41) is 14.1. The number of nitrogens with one attached hydrogen (secondary N) is 3. The van der Waals surface area contributed by atoms with E-state index in [-0.39, 0.29) is 6.42 Å². The van der Waals surface area contributed by atoms with Gasteiger partial charge in [-0.25, -0.2) is 9.78 Å². The van der Waals surface area contributed by atoms with Crippen molar-refractivity contribution >= 4 is 17.8 Å². The number of carboxylic acid groups (broad SMARTS) is 1. The lowest BCUT2D eigenvalue weighted by molar-refractivity contribution is -0.142. The molecular formula is C15H17N5O4. The molecule has 0 aliphatic carbocycles. The van der Waals surface area contributed by atoms with E-state index in [9.17, 15) is 19.5 Å². The first-order chi connectivity index (χ1) is 11.5. The first-order valence-electron chi connectivity index (χ1n) is 7.18. The largest absolute Gasteiger partial charge is 0.480 e. The Morgan fingerprint density at radius 2 is 2.04 bits per heavy atom. The van der Waals surface area contributed by atoms with E-state index >= 15 is 0 Å². The Labute approximate surface area is 137 Å². The lowest BCUT2D eigenvalue weighted by Gasteiger charge is -2.18. The van der Waals surface area contributed by atoms with Gasteiger partial charge in [-0.05, 0) is 19.1 Å². The first kappa shape index (κ1) is 17.1. The fourth-order valence-electron chi connectivity index (χ4n) is 1.96. The van der Waals surface area contributed by atoms with Gasteiger partial charge in [0.05, 0.1) is 11.9 Å². The topological polar surface area (TPSA) is 137 Å². The van der Waals surface area contributed by atoms with Gasteiger partial charge in [0.2, 0.25) is 5.91 Å². The lowest BCUT2D eigenvalue weighted by atomic mass is 10.1. The molecule has 2 aromatic heterocycles. The fourth-order valence-corrected chi connectivity index (χ4v) is 1.96. The van der Waals surface area contributed by atoms with Crippen LogP contribution in [0.4, 0.5) is 0 Å². The minimum Gasteiger partial charge on any atom is -0.480 e. The number of H-pyrrole nitrogens is 1. The van der Waals surface area contributed by atoms with Gasteiger partial charge in [0, 0.05) is 30.7 Å². The van der Waals surface area contributed by atoms with Crippen molar-refractivity contribution in [3.63, 3.8) is 0 Å². The van der Waals surface area contributed by atoms with Crippen LogP contribution in [0.2, 0.25) is 0 Å². The molecule has 2 heterocycles. The molecule has 0 aliphatic heterocycles. The minimum atomic E-state index is -1.18. The molecule has 2 aromatic rings. The van der Waals surface area contributed by atoms with E-state index in [2.05, 4.69) is 25.6 Å². The van der Waals surface area contributed by atoms with Crippen molar-refractivity contribution in [2.45, 2.75) is 25.4 Å². The van der Waals surface area contributed by atoms with Crippen LogP contribution in [0.25, 0.3) is 0 Å². The van der Waals surface area contributed by atoms with Gasteiger partial charge < -0.3 is 20.7 Å². The monoisotopic (exact) mass is 331 g/mol. The number of carbonyl (C=O) groups excluding carboxylic acids is 2. The highest BCUT2D eigenvalue weighted by Gasteiger charge is 2.24. The zero-order chi connectivity index (χ0) is 17.5. The Balaban J connectivity index is 1.93. The molecule has 0 saturated heterocycles. The number of hydrogen-bond acceptors (Lipinski definition) is 5. The molecule has 0 bridgehead atoms. The van der Waals surface area contributed by atoms with Gasteiger partial charge in [0.25, 0.3) is 5.91 Å². The lowest BCUT2D eigenvalue weighted by Crippen LogP contribution is -2.51. The number of aromatic amines is 1. The Bertz CT molecular complexity index is 702. The predicted octanol–water partition coefficient (Wildman–Crippen LogP) is -0.265. The van der Waals surface area contributed by atoms with E-state index in [1.165, 1.54) is 31.8 Å². The zero-order valence-corrected chi connectivity index (χ0v) is 12.9. The predicted molar refractivity (Wildman–Crippen MR) is 83.0 cm³/mol. The van der Waals surface area contributed by atoms with E-state index in [4.69, 9.17) is 0 Å². The van der Waals surface area contributed by atoms with Gasteiger partial charge in [0.1, 0.15) is 12.1 Å². The molecule has 0 aromatic carbocycles. The quantitative estimate of drug-likeness (QED) is 0.551. The van der Waals surface area contributed by atoms with Crippen LogP contribution in [0.5, 0.6) is 0 Å². The highest BCUT2D eigenvalue weighted by molar-refractivity contribution is 5.97. The maximum atomic E-state index is 12.1. The maximum absolute atomic E-state index is 12.1. The number of aliphatic carboxylic acids is 1. The molecule has 2 amide bonds. The van der Waals surface area contributed by atoms with Crippen LogP contribution >= 0.6 is 0 Å². The Morgan fingerprint density at radius 3 is 2.62 bits per heavy atom. The SMILES string of the molecule is C[C@@H](NC(=O)c1cccnc1)C(=O)N[C@@H](Cc1cnc[nH]1)C(=O)O. The molecule has 0 radical (unpaired) electrons. The van der Waals surface area contributed by atoms with Crippen molar-refractivity contribution in [1.82, 2.24) is 25.6 Å². The summed E-state index contributed by atoms with van der Waals surface area (Å²) in [4.78, 5) is 45.8. The summed E-state index contributed by atoms with van der Waals surface area (Å²) in [6.07, 6.45) is 5.87. The van der Waals surface area contributed by atoms with Gasteiger partial charge >= 0.3 is 5.97 Å². The number of carboxylic acids is 1. The number of hydrogen-bond donors (Lipinski definition) is 4. The first-order valence-corrected chi connectivity index (χ1v) is 7.18. The molecule has 0 saturated carbocycles. The summed E-state index contributed by atoms with van der Waals surface area (Å²) < 4.78 is 0. The maximum Gasteiger partial charge on any atom is 0.326 e. The molecule has 0 unspecified atom stereocenters. The third kappa shape index (κ3) is 4.63. The molecule has 126 valence electrons. The van der Waals surface area contributed by atoms with Crippen LogP contribution in [0.15, 0.2) is 37.1 Å². The standard InChI is InChI=1S/C15H17N5O4/c1-9(19-14(22)10-3-2-4-16-6-10)13(21)20-12(15(23)24)5-11-7-17-8-18-11/h2-4,6-9,12H,5H2,1H3,(H,17,18)(H,19,22)(H,20,21)(H,23,24)/t9-,12+/m1/s1. The third-order valence-electron chi connectivity index (χ3n) is 3.26. The summed E-state index contributed by atoms with van der Waals surface area (Å²) in [6, 6.07) is 1.13. The summed E-state index contributed by atoms with van der Waals surface area (Å²) in [5.74, 6) is -2.24. The van der Waals surface area contributed by atoms with Gasteiger partial charge in [-0.15, -0.1) is 0 Å². The van der Waals surface area contributed by atoms with Crippen molar-refractivity contribution in [2.75, 3.05) is 0 Å². The number of imidazole rings is 1. The Morgan fingerprint density at radius 1 is 1.25 bits per heavy atom. The molecule has 9 nitrogen and oxygen atoms in total. The molecule has 9 heteroatoms. The second-order valence-corrected chi connectivity index (χ2v) is 5.12. The molecular weight excluding hydrogens is 314 g/mol. The minimum absolute atomic E-state index is 0.0599. The molecule has 2 rings (SSSR count). The van der Waals surface area contributed by atoms with Gasteiger partial charge in [-0.2, -0.15) is 0 Å². The molecule has 4 N–H and O–H groups in total. The summed E-state index contributed by atoms with van der Waals surface area (Å²) in [5.41, 5.74) is 0.888. The number of nitrogens with zero attached hydrogens (tertiary/aromatic N) is 2. The summed E-state index contributed by atoms with van der Waals surface area (Å²) in [6.45, 7) is 1.47. The smallest absolute Gasteiger partial charge is 0.326 e. The molecule has 0 aliphatic rings. The normalized spacial score (nSPS) is 12.9. The molecule has 0 fully saturated rings. The van der Waals surface area contributed by atoms with E-state index < -0.39 is 29.9 Å². The van der Waals surface area contributed by atoms with Crippen LogP contribution in [-0.4, -0.2) is 49.9 Å². The average molecular weight is 331 g/mol.